The van der Waals surface area contributed by atoms with E-state index in [9.17, 15) is 19.7 Å². The van der Waals surface area contributed by atoms with Crippen molar-refractivity contribution in [1.82, 2.24) is 4.90 Å². The monoisotopic (exact) mass is 281 g/mol. The van der Waals surface area contributed by atoms with E-state index in [1.54, 1.807) is 6.92 Å². The van der Waals surface area contributed by atoms with Crippen LogP contribution in [0.15, 0.2) is 24.3 Å². The van der Waals surface area contributed by atoms with Gasteiger partial charge in [-0.3, -0.25) is 14.9 Å². The number of anilines is 1. The van der Waals surface area contributed by atoms with Gasteiger partial charge in [0.05, 0.1) is 12.0 Å². The van der Waals surface area contributed by atoms with Crippen molar-refractivity contribution in [2.75, 3.05) is 25.5 Å². The number of nitro benzene ring substituents is 1. The lowest BCUT2D eigenvalue weighted by Crippen LogP contribution is -2.38. The van der Waals surface area contributed by atoms with E-state index in [1.807, 2.05) is 0 Å². The fourth-order valence-corrected chi connectivity index (χ4v) is 1.45. The number of carbonyl (C=O) groups is 2. The second-order valence-electron chi connectivity index (χ2n) is 3.83. The molecule has 0 saturated carbocycles. The smallest absolute Gasteiger partial charge is 0.325 e. The van der Waals surface area contributed by atoms with Crippen molar-refractivity contribution in [2.45, 2.75) is 6.92 Å². The van der Waals surface area contributed by atoms with E-state index < -0.39 is 16.9 Å². The van der Waals surface area contributed by atoms with Crippen molar-refractivity contribution in [3.8, 4) is 0 Å². The highest BCUT2D eigenvalue weighted by atomic mass is 16.6. The summed E-state index contributed by atoms with van der Waals surface area (Å²) in [6, 6.07) is 5.02. The Morgan fingerprint density at radius 1 is 1.45 bits per heavy atom. The molecule has 0 radical (unpaired) electrons. The summed E-state index contributed by atoms with van der Waals surface area (Å²) >= 11 is 0. The first-order valence-corrected chi connectivity index (χ1v) is 5.85. The van der Waals surface area contributed by atoms with Gasteiger partial charge in [0.15, 0.2) is 0 Å². The average Bonchev–Trinajstić information content (AvgIpc) is 2.44. The molecule has 0 atom stereocenters. The van der Waals surface area contributed by atoms with Crippen molar-refractivity contribution >= 4 is 23.4 Å². The second-order valence-corrected chi connectivity index (χ2v) is 3.83. The normalized spacial score (nSPS) is 9.70. The van der Waals surface area contributed by atoms with Crippen LogP contribution in [0.2, 0.25) is 0 Å². The van der Waals surface area contributed by atoms with Crippen LogP contribution in [0.1, 0.15) is 6.92 Å². The highest BCUT2D eigenvalue weighted by Gasteiger charge is 2.16. The van der Waals surface area contributed by atoms with Gasteiger partial charge in [0.1, 0.15) is 6.54 Å². The number of carbonyl (C=O) groups excluding carboxylic acids is 2. The van der Waals surface area contributed by atoms with Crippen LogP contribution < -0.4 is 5.32 Å². The molecule has 0 aromatic heterocycles. The molecule has 8 nitrogen and oxygen atoms in total. The SMILES string of the molecule is CCN(CC(=O)OC)C(=O)Nc1cccc([N+](=O)[O-])c1. The molecule has 20 heavy (non-hydrogen) atoms. The van der Waals surface area contributed by atoms with Crippen LogP contribution in [-0.2, 0) is 9.53 Å². The number of ether oxygens (including phenoxy) is 1. The maximum atomic E-state index is 11.9. The fraction of sp³-hybridized carbons (Fsp3) is 0.333. The Morgan fingerprint density at radius 2 is 2.15 bits per heavy atom. The molecule has 0 aliphatic heterocycles. The highest BCUT2D eigenvalue weighted by molar-refractivity contribution is 5.91. The Labute approximate surface area is 115 Å². The summed E-state index contributed by atoms with van der Waals surface area (Å²) in [5, 5.41) is 13.1. The molecule has 0 spiro atoms. The zero-order valence-corrected chi connectivity index (χ0v) is 11.2. The minimum atomic E-state index is -0.554. The highest BCUT2D eigenvalue weighted by Crippen LogP contribution is 2.17. The molecular weight excluding hydrogens is 266 g/mol. The minimum absolute atomic E-state index is 0.126. The Hall–Kier alpha value is -2.64. The number of urea groups is 1. The molecular formula is C12H15N3O5. The zero-order valence-electron chi connectivity index (χ0n) is 11.2. The lowest BCUT2D eigenvalue weighted by atomic mass is 10.3. The van der Waals surface area contributed by atoms with Gasteiger partial charge in [-0.05, 0) is 13.0 Å². The molecule has 1 aromatic rings. The molecule has 0 fully saturated rings. The number of non-ortho nitro benzene ring substituents is 1. The fourth-order valence-electron chi connectivity index (χ4n) is 1.45. The standard InChI is InChI=1S/C12H15N3O5/c1-3-14(8-11(16)20-2)12(17)13-9-5-4-6-10(7-9)15(18)19/h4-7H,3,8H2,1-2H3,(H,13,17). The lowest BCUT2D eigenvalue weighted by Gasteiger charge is -2.19. The second kappa shape index (κ2) is 7.07. The van der Waals surface area contributed by atoms with Gasteiger partial charge in [-0.1, -0.05) is 6.07 Å². The number of nitrogens with one attached hydrogen (secondary N) is 1. The number of rotatable bonds is 5. The Kier molecular flexibility index (Phi) is 5.45. The Morgan fingerprint density at radius 3 is 2.70 bits per heavy atom. The van der Waals surface area contributed by atoms with Gasteiger partial charge in [-0.25, -0.2) is 4.79 Å². The maximum absolute atomic E-state index is 11.9. The third kappa shape index (κ3) is 4.23. The molecule has 0 bridgehead atoms. The number of nitro groups is 1. The molecule has 1 aromatic carbocycles. The number of hydrogen-bond donors (Lipinski definition) is 1. The predicted molar refractivity (Wildman–Crippen MR) is 71.4 cm³/mol. The van der Waals surface area contributed by atoms with E-state index in [0.717, 1.165) is 0 Å². The molecule has 108 valence electrons. The summed E-state index contributed by atoms with van der Waals surface area (Å²) in [7, 11) is 1.23. The molecule has 2 amide bonds. The van der Waals surface area contributed by atoms with Crippen LogP contribution in [-0.4, -0.2) is 42.0 Å². The lowest BCUT2D eigenvalue weighted by molar-refractivity contribution is -0.384. The minimum Gasteiger partial charge on any atom is -0.468 e. The van der Waals surface area contributed by atoms with Crippen LogP contribution in [0.5, 0.6) is 0 Å². The van der Waals surface area contributed by atoms with E-state index in [2.05, 4.69) is 10.1 Å². The summed E-state index contributed by atoms with van der Waals surface area (Å²) in [4.78, 5) is 34.4. The molecule has 1 N–H and O–H groups in total. The first kappa shape index (κ1) is 15.4. The van der Waals surface area contributed by atoms with Gasteiger partial charge in [-0.15, -0.1) is 0 Å². The Bertz CT molecular complexity index is 518. The number of likely N-dealkylation sites (N-methyl/N-ethyl adjacent to an activating group) is 1. The number of hydrogen-bond acceptors (Lipinski definition) is 5. The van der Waals surface area contributed by atoms with Gasteiger partial charge in [0.25, 0.3) is 5.69 Å². The van der Waals surface area contributed by atoms with Crippen LogP contribution in [0, 0.1) is 10.1 Å². The topological polar surface area (TPSA) is 102 Å². The van der Waals surface area contributed by atoms with Gasteiger partial charge in [0.2, 0.25) is 0 Å². The number of esters is 1. The molecule has 0 saturated heterocycles. The summed E-state index contributed by atoms with van der Waals surface area (Å²) in [6.45, 7) is 1.82. The molecule has 0 heterocycles. The quantitative estimate of drug-likeness (QED) is 0.502. The first-order valence-electron chi connectivity index (χ1n) is 5.85. The van der Waals surface area contributed by atoms with Crippen LogP contribution in [0.3, 0.4) is 0 Å². The van der Waals surface area contributed by atoms with Crippen molar-refractivity contribution in [2.24, 2.45) is 0 Å². The third-order valence-corrected chi connectivity index (χ3v) is 2.52. The van der Waals surface area contributed by atoms with Gasteiger partial charge in [-0.2, -0.15) is 0 Å². The van der Waals surface area contributed by atoms with Crippen molar-refractivity contribution in [1.29, 1.82) is 0 Å². The van der Waals surface area contributed by atoms with Crippen LogP contribution in [0.4, 0.5) is 16.2 Å². The summed E-state index contributed by atoms with van der Waals surface area (Å²) < 4.78 is 4.48. The van der Waals surface area contributed by atoms with Crippen molar-refractivity contribution in [3.05, 3.63) is 34.4 Å². The van der Waals surface area contributed by atoms with E-state index in [-0.39, 0.29) is 17.9 Å². The van der Waals surface area contributed by atoms with E-state index in [4.69, 9.17) is 0 Å². The molecule has 0 unspecified atom stereocenters. The largest absolute Gasteiger partial charge is 0.468 e. The molecule has 1 rings (SSSR count). The molecule has 8 heteroatoms. The summed E-state index contributed by atoms with van der Waals surface area (Å²) in [5.74, 6) is -0.541. The predicted octanol–water partition coefficient (Wildman–Crippen LogP) is 1.62. The average molecular weight is 281 g/mol. The van der Waals surface area contributed by atoms with Crippen LogP contribution >= 0.6 is 0 Å². The summed E-state index contributed by atoms with van der Waals surface area (Å²) in [6.07, 6.45) is 0. The molecule has 0 aliphatic rings. The van der Waals surface area contributed by atoms with Gasteiger partial charge >= 0.3 is 12.0 Å². The molecule has 0 aliphatic carbocycles. The van der Waals surface area contributed by atoms with Crippen molar-refractivity contribution in [3.63, 3.8) is 0 Å². The van der Waals surface area contributed by atoms with E-state index >= 15 is 0 Å². The number of amides is 2. The zero-order chi connectivity index (χ0) is 15.1. The number of benzene rings is 1. The third-order valence-electron chi connectivity index (χ3n) is 2.52. The van der Waals surface area contributed by atoms with Crippen LogP contribution in [0.25, 0.3) is 0 Å². The Balaban J connectivity index is 2.75. The number of nitrogens with zero attached hydrogens (tertiary/aromatic N) is 2. The van der Waals surface area contributed by atoms with E-state index in [1.165, 1.54) is 36.3 Å². The van der Waals surface area contributed by atoms with E-state index in [0.29, 0.717) is 6.54 Å². The summed E-state index contributed by atoms with van der Waals surface area (Å²) in [5.41, 5.74) is 0.159. The van der Waals surface area contributed by atoms with Gasteiger partial charge < -0.3 is 15.0 Å². The maximum Gasteiger partial charge on any atom is 0.325 e. The number of methoxy groups -OCH3 is 1. The van der Waals surface area contributed by atoms with Gasteiger partial charge in [0, 0.05) is 24.4 Å². The van der Waals surface area contributed by atoms with Crippen molar-refractivity contribution < 1.29 is 19.2 Å². The first-order chi connectivity index (χ1) is 9.47.